The molecule has 8 nitrogen and oxygen atoms in total. The average molecular weight is 423 g/mol. The monoisotopic (exact) mass is 423 g/mol. The molecule has 0 saturated carbocycles. The summed E-state index contributed by atoms with van der Waals surface area (Å²) in [5.74, 6) is -1.40. The summed E-state index contributed by atoms with van der Waals surface area (Å²) in [4.78, 5) is 19.3. The highest BCUT2D eigenvalue weighted by Gasteiger charge is 2.32. The number of halogens is 4. The van der Waals surface area contributed by atoms with Gasteiger partial charge < -0.3 is 15.7 Å². The third-order valence-electron chi connectivity index (χ3n) is 3.83. The molecular formula is C18H17F4N7O. The fourth-order valence-electron chi connectivity index (χ4n) is 2.22. The lowest BCUT2D eigenvalue weighted by Gasteiger charge is -2.17. The number of pyridine rings is 2. The highest BCUT2D eigenvalue weighted by Crippen LogP contribution is 2.29. The topological polar surface area (TPSA) is 109 Å². The van der Waals surface area contributed by atoms with Gasteiger partial charge in [-0.2, -0.15) is 28.1 Å². The van der Waals surface area contributed by atoms with E-state index in [9.17, 15) is 22.7 Å². The number of nitrogens with one attached hydrogen (secondary N) is 2. The normalized spacial score (nSPS) is 12.7. The molecule has 0 fully saturated rings. The SMILES string of the molecule is CC(C)C(O)Nc1nc(Nc2ccncc2F)nc(-c2cccc(C(F)(F)F)n2)n1. The predicted molar refractivity (Wildman–Crippen MR) is 100 cm³/mol. The van der Waals surface area contributed by atoms with E-state index >= 15 is 0 Å². The van der Waals surface area contributed by atoms with Crippen LogP contribution in [0.1, 0.15) is 19.5 Å². The minimum Gasteiger partial charge on any atom is -0.373 e. The summed E-state index contributed by atoms with van der Waals surface area (Å²) in [6.45, 7) is 3.47. The zero-order chi connectivity index (χ0) is 21.9. The van der Waals surface area contributed by atoms with Crippen molar-refractivity contribution in [1.82, 2.24) is 24.9 Å². The van der Waals surface area contributed by atoms with Gasteiger partial charge in [0.15, 0.2) is 11.6 Å². The van der Waals surface area contributed by atoms with Crippen LogP contribution in [0.5, 0.6) is 0 Å². The standard InChI is InChI=1S/C18H17F4N7O/c1-9(2)15(30)28-17-27-14(12-4-3-5-13(24-12)18(20,21)22)26-16(29-17)25-11-6-7-23-8-10(11)19/h3-9,15,30H,1-2H3,(H2,23,25,26,27,28,29). The van der Waals surface area contributed by atoms with Gasteiger partial charge in [0.25, 0.3) is 0 Å². The summed E-state index contributed by atoms with van der Waals surface area (Å²) in [7, 11) is 0. The van der Waals surface area contributed by atoms with Crippen molar-refractivity contribution in [3.05, 3.63) is 48.2 Å². The van der Waals surface area contributed by atoms with Gasteiger partial charge in [-0.3, -0.25) is 4.98 Å². The quantitative estimate of drug-likeness (QED) is 0.408. The van der Waals surface area contributed by atoms with E-state index in [1.807, 2.05) is 0 Å². The summed E-state index contributed by atoms with van der Waals surface area (Å²) in [5.41, 5.74) is -1.30. The van der Waals surface area contributed by atoms with Gasteiger partial charge in [0, 0.05) is 6.20 Å². The summed E-state index contributed by atoms with van der Waals surface area (Å²) in [6, 6.07) is 4.61. The zero-order valence-corrected chi connectivity index (χ0v) is 15.8. The van der Waals surface area contributed by atoms with Crippen molar-refractivity contribution >= 4 is 17.6 Å². The Morgan fingerprint density at radius 2 is 1.73 bits per heavy atom. The first kappa shape index (κ1) is 21.3. The lowest BCUT2D eigenvalue weighted by Crippen LogP contribution is -2.26. The van der Waals surface area contributed by atoms with E-state index in [4.69, 9.17) is 0 Å². The molecule has 0 bridgehead atoms. The maximum absolute atomic E-state index is 13.9. The van der Waals surface area contributed by atoms with Crippen LogP contribution in [0.2, 0.25) is 0 Å². The van der Waals surface area contributed by atoms with Crippen molar-refractivity contribution in [3.63, 3.8) is 0 Å². The van der Waals surface area contributed by atoms with E-state index in [0.717, 1.165) is 12.3 Å². The molecule has 1 atom stereocenters. The molecule has 0 radical (unpaired) electrons. The Morgan fingerprint density at radius 3 is 2.40 bits per heavy atom. The third-order valence-corrected chi connectivity index (χ3v) is 3.83. The van der Waals surface area contributed by atoms with Crippen molar-refractivity contribution < 1.29 is 22.7 Å². The molecule has 0 aliphatic carbocycles. The van der Waals surface area contributed by atoms with Crippen molar-refractivity contribution in [2.45, 2.75) is 26.3 Å². The first-order valence-electron chi connectivity index (χ1n) is 8.75. The Bertz CT molecular complexity index is 1030. The number of anilines is 3. The van der Waals surface area contributed by atoms with Gasteiger partial charge in [-0.15, -0.1) is 0 Å². The number of alkyl halides is 3. The summed E-state index contributed by atoms with van der Waals surface area (Å²) in [6.07, 6.45) is -3.39. The Balaban J connectivity index is 2.04. The molecule has 3 N–H and O–H groups in total. The van der Waals surface area contributed by atoms with E-state index in [1.54, 1.807) is 13.8 Å². The molecule has 0 aromatic carbocycles. The van der Waals surface area contributed by atoms with E-state index in [1.165, 1.54) is 24.4 Å². The number of aliphatic hydroxyl groups is 1. The number of nitrogens with zero attached hydrogens (tertiary/aromatic N) is 5. The van der Waals surface area contributed by atoms with Crippen LogP contribution < -0.4 is 10.6 Å². The van der Waals surface area contributed by atoms with Gasteiger partial charge in [0.2, 0.25) is 11.9 Å². The molecule has 3 rings (SSSR count). The number of aromatic nitrogens is 5. The van der Waals surface area contributed by atoms with Gasteiger partial charge in [-0.1, -0.05) is 19.9 Å². The maximum atomic E-state index is 13.9. The smallest absolute Gasteiger partial charge is 0.373 e. The second kappa shape index (κ2) is 8.53. The van der Waals surface area contributed by atoms with E-state index in [2.05, 4.69) is 35.6 Å². The molecule has 0 spiro atoms. The van der Waals surface area contributed by atoms with Crippen LogP contribution in [0.25, 0.3) is 11.5 Å². The molecule has 3 heterocycles. The van der Waals surface area contributed by atoms with Crippen molar-refractivity contribution in [3.8, 4) is 11.5 Å². The molecule has 0 amide bonds. The molecule has 0 aliphatic rings. The highest BCUT2D eigenvalue weighted by atomic mass is 19.4. The Kier molecular flexibility index (Phi) is 6.06. The fourth-order valence-corrected chi connectivity index (χ4v) is 2.22. The van der Waals surface area contributed by atoms with Gasteiger partial charge in [-0.05, 0) is 24.1 Å². The van der Waals surface area contributed by atoms with E-state index < -0.39 is 23.9 Å². The number of hydrogen-bond acceptors (Lipinski definition) is 8. The second-order valence-electron chi connectivity index (χ2n) is 6.53. The first-order chi connectivity index (χ1) is 14.1. The largest absolute Gasteiger partial charge is 0.433 e. The first-order valence-corrected chi connectivity index (χ1v) is 8.75. The number of rotatable bonds is 6. The van der Waals surface area contributed by atoms with Crippen LogP contribution in [0, 0.1) is 11.7 Å². The van der Waals surface area contributed by atoms with Gasteiger partial charge in [0.05, 0.1) is 11.9 Å². The van der Waals surface area contributed by atoms with Gasteiger partial charge >= 0.3 is 6.18 Å². The van der Waals surface area contributed by atoms with E-state index in [-0.39, 0.29) is 35.0 Å². The number of hydrogen-bond donors (Lipinski definition) is 3. The van der Waals surface area contributed by atoms with Crippen LogP contribution in [-0.4, -0.2) is 36.3 Å². The Hall–Kier alpha value is -3.41. The predicted octanol–water partition coefficient (Wildman–Crippen LogP) is 3.62. The van der Waals surface area contributed by atoms with Crippen molar-refractivity contribution in [2.24, 2.45) is 5.92 Å². The summed E-state index contributed by atoms with van der Waals surface area (Å²) in [5, 5.41) is 15.3. The molecule has 1 unspecified atom stereocenters. The van der Waals surface area contributed by atoms with Crippen LogP contribution in [-0.2, 0) is 6.18 Å². The maximum Gasteiger partial charge on any atom is 0.433 e. The molecule has 3 aromatic rings. The van der Waals surface area contributed by atoms with Crippen molar-refractivity contribution in [2.75, 3.05) is 10.6 Å². The highest BCUT2D eigenvalue weighted by molar-refractivity contribution is 5.59. The third kappa shape index (κ3) is 5.14. The molecular weight excluding hydrogens is 406 g/mol. The Labute approximate surface area is 168 Å². The van der Waals surface area contributed by atoms with Crippen LogP contribution >= 0.6 is 0 Å². The minimum atomic E-state index is -4.65. The zero-order valence-electron chi connectivity index (χ0n) is 15.8. The molecule has 30 heavy (non-hydrogen) atoms. The molecule has 0 saturated heterocycles. The fraction of sp³-hybridized carbons (Fsp3) is 0.278. The van der Waals surface area contributed by atoms with Gasteiger partial charge in [0.1, 0.15) is 17.6 Å². The summed E-state index contributed by atoms with van der Waals surface area (Å²) >= 11 is 0. The number of aliphatic hydroxyl groups excluding tert-OH is 1. The van der Waals surface area contributed by atoms with Gasteiger partial charge in [-0.25, -0.2) is 9.37 Å². The van der Waals surface area contributed by atoms with E-state index in [0.29, 0.717) is 0 Å². The Morgan fingerprint density at radius 1 is 1.00 bits per heavy atom. The minimum absolute atomic E-state index is 0.00508. The molecule has 12 heteroatoms. The second-order valence-corrected chi connectivity index (χ2v) is 6.53. The molecule has 0 aliphatic heterocycles. The average Bonchev–Trinajstić information content (AvgIpc) is 2.69. The lowest BCUT2D eigenvalue weighted by molar-refractivity contribution is -0.141. The molecule has 3 aromatic heterocycles. The van der Waals surface area contributed by atoms with Crippen LogP contribution in [0.3, 0.4) is 0 Å². The molecule has 158 valence electrons. The van der Waals surface area contributed by atoms with Crippen LogP contribution in [0.4, 0.5) is 35.1 Å². The van der Waals surface area contributed by atoms with Crippen molar-refractivity contribution in [1.29, 1.82) is 0 Å². The lowest BCUT2D eigenvalue weighted by atomic mass is 10.2. The summed E-state index contributed by atoms with van der Waals surface area (Å²) < 4.78 is 53.0. The van der Waals surface area contributed by atoms with Crippen LogP contribution in [0.15, 0.2) is 36.7 Å².